The predicted molar refractivity (Wildman–Crippen MR) is 131 cm³/mol. The molecule has 1 aromatic carbocycles. The zero-order valence-corrected chi connectivity index (χ0v) is 20.5. The van der Waals surface area contributed by atoms with Crippen LogP contribution in [0.15, 0.2) is 30.5 Å². The first kappa shape index (κ1) is 23.3. The Kier molecular flexibility index (Phi) is 6.60. The van der Waals surface area contributed by atoms with Gasteiger partial charge in [0.1, 0.15) is 0 Å². The smallest absolute Gasteiger partial charge is 0.257 e. The molecule has 2 amide bonds. The third-order valence-electron chi connectivity index (χ3n) is 7.39. The van der Waals surface area contributed by atoms with Gasteiger partial charge in [-0.05, 0) is 68.5 Å². The minimum absolute atomic E-state index is 0.0275. The molecule has 0 aliphatic carbocycles. The first-order valence-electron chi connectivity index (χ1n) is 12.0. The molecule has 0 radical (unpaired) electrons. The van der Waals surface area contributed by atoms with Crippen molar-refractivity contribution in [1.29, 1.82) is 0 Å². The molecule has 3 saturated heterocycles. The van der Waals surface area contributed by atoms with Crippen molar-refractivity contribution in [3.05, 3.63) is 57.9 Å². The van der Waals surface area contributed by atoms with Crippen LogP contribution in [0, 0.1) is 19.8 Å². The highest BCUT2D eigenvalue weighted by molar-refractivity contribution is 6.31. The number of nitrogens with one attached hydrogen (secondary N) is 1. The first-order valence-corrected chi connectivity index (χ1v) is 12.4. The standard InChI is InChI=1S/C26H31ClN4O3/c1-16-3-4-18(11-28-16)25(32)29-24-10-21(27)9-20(17(24)2)12-30-13-22-5-6-23(14-30)31(22)26(33)19-7-8-34-15-19/h3-4,9-11,19,22-23H,5-8,12-15H2,1-2H3,(H,29,32)/t19-,22?,23?/m1/s1. The summed E-state index contributed by atoms with van der Waals surface area (Å²) in [6.45, 7) is 7.62. The summed E-state index contributed by atoms with van der Waals surface area (Å²) < 4.78 is 5.45. The number of halogens is 1. The van der Waals surface area contributed by atoms with Crippen LogP contribution in [0.3, 0.4) is 0 Å². The number of anilines is 1. The highest BCUT2D eigenvalue weighted by Gasteiger charge is 2.44. The number of carbonyl (C=O) groups excluding carboxylic acids is 2. The van der Waals surface area contributed by atoms with Gasteiger partial charge in [0.25, 0.3) is 5.91 Å². The Hall–Kier alpha value is -2.48. The molecule has 3 aliphatic rings. The average Bonchev–Trinajstić information content (AvgIpc) is 3.44. The molecule has 1 N–H and O–H groups in total. The van der Waals surface area contributed by atoms with Crippen LogP contribution in [0.5, 0.6) is 0 Å². The summed E-state index contributed by atoms with van der Waals surface area (Å²) in [5, 5.41) is 3.59. The number of amides is 2. The van der Waals surface area contributed by atoms with E-state index in [0.717, 1.165) is 55.7 Å². The number of nitrogens with zero attached hydrogens (tertiary/aromatic N) is 3. The van der Waals surface area contributed by atoms with E-state index in [-0.39, 0.29) is 29.8 Å². The Balaban J connectivity index is 1.28. The Morgan fingerprint density at radius 3 is 2.56 bits per heavy atom. The summed E-state index contributed by atoms with van der Waals surface area (Å²) in [7, 11) is 0. The molecular weight excluding hydrogens is 452 g/mol. The Bertz CT molecular complexity index is 1070. The van der Waals surface area contributed by atoms with Gasteiger partial charge in [-0.15, -0.1) is 0 Å². The molecule has 0 saturated carbocycles. The topological polar surface area (TPSA) is 74.8 Å². The molecule has 3 atom stereocenters. The van der Waals surface area contributed by atoms with Gasteiger partial charge in [0.15, 0.2) is 0 Å². The quantitative estimate of drug-likeness (QED) is 0.701. The third-order valence-corrected chi connectivity index (χ3v) is 7.61. The summed E-state index contributed by atoms with van der Waals surface area (Å²) in [5.41, 5.74) is 4.19. The van der Waals surface area contributed by atoms with E-state index in [0.29, 0.717) is 29.5 Å². The molecule has 4 heterocycles. The van der Waals surface area contributed by atoms with E-state index in [2.05, 4.69) is 20.1 Å². The molecule has 2 aromatic rings. The van der Waals surface area contributed by atoms with Crippen molar-refractivity contribution in [3.63, 3.8) is 0 Å². The molecule has 5 rings (SSSR count). The number of ether oxygens (including phenoxy) is 1. The maximum atomic E-state index is 13.1. The number of rotatable bonds is 5. The number of hydrogen-bond donors (Lipinski definition) is 1. The molecule has 7 nitrogen and oxygen atoms in total. The van der Waals surface area contributed by atoms with Crippen LogP contribution < -0.4 is 5.32 Å². The van der Waals surface area contributed by atoms with Gasteiger partial charge in [-0.25, -0.2) is 0 Å². The number of hydrogen-bond acceptors (Lipinski definition) is 5. The van der Waals surface area contributed by atoms with E-state index in [9.17, 15) is 9.59 Å². The van der Waals surface area contributed by atoms with Gasteiger partial charge in [0.2, 0.25) is 5.91 Å². The van der Waals surface area contributed by atoms with Gasteiger partial charge in [0.05, 0.1) is 18.1 Å². The second-order valence-electron chi connectivity index (χ2n) is 9.76. The van der Waals surface area contributed by atoms with E-state index in [4.69, 9.17) is 16.3 Å². The minimum Gasteiger partial charge on any atom is -0.381 e. The van der Waals surface area contributed by atoms with Crippen LogP contribution in [-0.4, -0.2) is 65.0 Å². The fourth-order valence-electron chi connectivity index (χ4n) is 5.49. The predicted octanol–water partition coefficient (Wildman–Crippen LogP) is 3.82. The van der Waals surface area contributed by atoms with Crippen LogP contribution >= 0.6 is 11.6 Å². The number of aromatic nitrogens is 1. The summed E-state index contributed by atoms with van der Waals surface area (Å²) in [4.78, 5) is 34.6. The second kappa shape index (κ2) is 9.64. The monoisotopic (exact) mass is 482 g/mol. The molecule has 34 heavy (non-hydrogen) atoms. The molecular formula is C26H31ClN4O3. The van der Waals surface area contributed by atoms with E-state index >= 15 is 0 Å². The van der Waals surface area contributed by atoms with Gasteiger partial charge in [-0.1, -0.05) is 11.6 Å². The van der Waals surface area contributed by atoms with Crippen molar-refractivity contribution in [1.82, 2.24) is 14.8 Å². The summed E-state index contributed by atoms with van der Waals surface area (Å²) in [6.07, 6.45) is 4.54. The van der Waals surface area contributed by atoms with E-state index in [1.807, 2.05) is 26.0 Å². The maximum absolute atomic E-state index is 13.1. The highest BCUT2D eigenvalue weighted by Crippen LogP contribution is 2.34. The SMILES string of the molecule is Cc1ccc(C(=O)Nc2cc(Cl)cc(CN3CC4CCC(C3)N4C(=O)[C@@H]3CCOC3)c2C)cn1. The number of likely N-dealkylation sites (tertiary alicyclic amines) is 1. The lowest BCUT2D eigenvalue weighted by Crippen LogP contribution is -2.56. The van der Waals surface area contributed by atoms with Crippen molar-refractivity contribution in [2.24, 2.45) is 5.92 Å². The molecule has 180 valence electrons. The van der Waals surface area contributed by atoms with Crippen molar-refractivity contribution in [3.8, 4) is 0 Å². The summed E-state index contributed by atoms with van der Waals surface area (Å²) in [5.74, 6) is 0.101. The van der Waals surface area contributed by atoms with E-state index in [1.54, 1.807) is 18.3 Å². The van der Waals surface area contributed by atoms with Gasteiger partial charge in [0, 0.05) is 60.9 Å². The first-order chi connectivity index (χ1) is 16.4. The van der Waals surface area contributed by atoms with Gasteiger partial charge in [-0.2, -0.15) is 0 Å². The lowest BCUT2D eigenvalue weighted by Gasteiger charge is -2.42. The number of benzene rings is 1. The molecule has 3 aliphatic heterocycles. The number of carbonyl (C=O) groups is 2. The van der Waals surface area contributed by atoms with Crippen molar-refractivity contribution >= 4 is 29.1 Å². The largest absolute Gasteiger partial charge is 0.381 e. The normalized spacial score (nSPS) is 24.4. The van der Waals surface area contributed by atoms with Crippen LogP contribution in [0.2, 0.25) is 5.02 Å². The zero-order chi connectivity index (χ0) is 23.8. The van der Waals surface area contributed by atoms with Gasteiger partial charge < -0.3 is 15.0 Å². The molecule has 0 spiro atoms. The fraction of sp³-hybridized carbons (Fsp3) is 0.500. The third kappa shape index (κ3) is 4.69. The Labute approximate surface area is 205 Å². The lowest BCUT2D eigenvalue weighted by molar-refractivity contribution is -0.141. The second-order valence-corrected chi connectivity index (χ2v) is 10.2. The highest BCUT2D eigenvalue weighted by atomic mass is 35.5. The number of fused-ring (bicyclic) bond motifs is 2. The van der Waals surface area contributed by atoms with Crippen molar-refractivity contribution in [2.45, 2.75) is 51.7 Å². The van der Waals surface area contributed by atoms with Crippen molar-refractivity contribution < 1.29 is 14.3 Å². The van der Waals surface area contributed by atoms with Crippen LogP contribution in [0.25, 0.3) is 0 Å². The number of piperazine rings is 1. The van der Waals surface area contributed by atoms with Crippen LogP contribution in [0.1, 0.15) is 46.4 Å². The van der Waals surface area contributed by atoms with Gasteiger partial charge in [-0.3, -0.25) is 19.5 Å². The van der Waals surface area contributed by atoms with E-state index in [1.165, 1.54) is 0 Å². The van der Waals surface area contributed by atoms with Crippen LogP contribution in [-0.2, 0) is 16.1 Å². The molecule has 3 fully saturated rings. The molecule has 1 aromatic heterocycles. The summed E-state index contributed by atoms with van der Waals surface area (Å²) >= 11 is 6.45. The van der Waals surface area contributed by atoms with Crippen molar-refractivity contribution in [2.75, 3.05) is 31.6 Å². The fourth-order valence-corrected chi connectivity index (χ4v) is 5.73. The van der Waals surface area contributed by atoms with Gasteiger partial charge >= 0.3 is 0 Å². The number of pyridine rings is 1. The Morgan fingerprint density at radius 2 is 1.91 bits per heavy atom. The minimum atomic E-state index is -0.204. The van der Waals surface area contributed by atoms with Crippen LogP contribution in [0.4, 0.5) is 5.69 Å². The molecule has 2 unspecified atom stereocenters. The average molecular weight is 483 g/mol. The zero-order valence-electron chi connectivity index (χ0n) is 19.7. The summed E-state index contributed by atoms with van der Waals surface area (Å²) in [6, 6.07) is 7.90. The maximum Gasteiger partial charge on any atom is 0.257 e. The van der Waals surface area contributed by atoms with E-state index < -0.39 is 0 Å². The lowest BCUT2D eigenvalue weighted by atomic mass is 10.0. The molecule has 8 heteroatoms. The number of aryl methyl sites for hydroxylation is 1. The molecule has 2 bridgehead atoms. The Morgan fingerprint density at radius 1 is 1.15 bits per heavy atom.